The molecule has 0 aliphatic carbocycles. The van der Waals surface area contributed by atoms with Crippen LogP contribution >= 0.6 is 11.3 Å². The molecule has 0 amide bonds. The van der Waals surface area contributed by atoms with Gasteiger partial charge >= 0.3 is 0 Å². The maximum atomic E-state index is 13.6. The summed E-state index contributed by atoms with van der Waals surface area (Å²) in [5.74, 6) is 1.29. The monoisotopic (exact) mass is 386 g/mol. The van der Waals surface area contributed by atoms with Crippen molar-refractivity contribution in [3.8, 4) is 10.8 Å². The fourth-order valence-corrected chi connectivity index (χ4v) is 4.10. The zero-order valence-corrected chi connectivity index (χ0v) is 16.2. The van der Waals surface area contributed by atoms with Crippen LogP contribution in [0.5, 0.6) is 0 Å². The lowest BCUT2D eigenvalue weighted by Crippen LogP contribution is -2.31. The molecule has 1 aliphatic rings. The lowest BCUT2D eigenvalue weighted by Gasteiger charge is -2.24. The van der Waals surface area contributed by atoms with Crippen LogP contribution in [0.4, 0.5) is 4.39 Å². The van der Waals surface area contributed by atoms with E-state index in [0.717, 1.165) is 47.9 Å². The van der Waals surface area contributed by atoms with Crippen LogP contribution in [0.3, 0.4) is 0 Å². The molecule has 0 radical (unpaired) electrons. The Hall–Kier alpha value is -2.02. The van der Waals surface area contributed by atoms with Crippen molar-refractivity contribution >= 4 is 11.3 Å². The molecule has 3 heterocycles. The standard InChI is InChI=1S/C21H23FN2O2S/c1-15-19(23-21(26-15)20-8-4-10-27-20)14-24(13-18-7-3-9-25-18)12-16-5-2-6-17(22)11-16/h2,4-6,8,10-11,18H,3,7,9,12-14H2,1H3. The third-order valence-corrected chi connectivity index (χ3v) is 5.64. The second-order valence-corrected chi connectivity index (χ2v) is 7.88. The summed E-state index contributed by atoms with van der Waals surface area (Å²) in [5, 5.41) is 2.02. The summed E-state index contributed by atoms with van der Waals surface area (Å²) in [6.07, 6.45) is 2.39. The highest BCUT2D eigenvalue weighted by Crippen LogP contribution is 2.27. The number of halogens is 1. The lowest BCUT2D eigenvalue weighted by molar-refractivity contribution is 0.0673. The van der Waals surface area contributed by atoms with Crippen LogP contribution in [0.15, 0.2) is 46.2 Å². The van der Waals surface area contributed by atoms with Crippen molar-refractivity contribution in [3.05, 3.63) is 64.6 Å². The first kappa shape index (κ1) is 18.3. The van der Waals surface area contributed by atoms with Crippen molar-refractivity contribution in [1.29, 1.82) is 0 Å². The predicted molar refractivity (Wildman–Crippen MR) is 104 cm³/mol. The quantitative estimate of drug-likeness (QED) is 0.571. The number of oxazole rings is 1. The van der Waals surface area contributed by atoms with Crippen LogP contribution in [-0.4, -0.2) is 29.1 Å². The number of benzene rings is 1. The van der Waals surface area contributed by atoms with E-state index in [2.05, 4.69) is 4.90 Å². The summed E-state index contributed by atoms with van der Waals surface area (Å²) < 4.78 is 25.3. The molecule has 1 saturated heterocycles. The molecule has 4 rings (SSSR count). The number of aryl methyl sites for hydroxylation is 1. The van der Waals surface area contributed by atoms with Crippen molar-refractivity contribution < 1.29 is 13.5 Å². The molecule has 1 aromatic carbocycles. The maximum Gasteiger partial charge on any atom is 0.236 e. The van der Waals surface area contributed by atoms with Crippen LogP contribution in [-0.2, 0) is 17.8 Å². The Kier molecular flexibility index (Phi) is 5.66. The molecule has 4 nitrogen and oxygen atoms in total. The Balaban J connectivity index is 1.53. The number of ether oxygens (including phenoxy) is 1. The highest BCUT2D eigenvalue weighted by atomic mass is 32.1. The average Bonchev–Trinajstić information content (AvgIpc) is 3.38. The van der Waals surface area contributed by atoms with E-state index < -0.39 is 0 Å². The maximum absolute atomic E-state index is 13.6. The second-order valence-electron chi connectivity index (χ2n) is 6.93. The van der Waals surface area contributed by atoms with Crippen LogP contribution in [0.25, 0.3) is 10.8 Å². The highest BCUT2D eigenvalue weighted by molar-refractivity contribution is 7.13. The van der Waals surface area contributed by atoms with Crippen molar-refractivity contribution in [2.75, 3.05) is 13.2 Å². The summed E-state index contributed by atoms with van der Waals surface area (Å²) in [5.41, 5.74) is 1.88. The van der Waals surface area contributed by atoms with E-state index in [9.17, 15) is 4.39 Å². The van der Waals surface area contributed by atoms with E-state index in [0.29, 0.717) is 19.0 Å². The van der Waals surface area contributed by atoms with Gasteiger partial charge in [-0.25, -0.2) is 9.37 Å². The molecule has 6 heteroatoms. The van der Waals surface area contributed by atoms with Crippen molar-refractivity contribution in [3.63, 3.8) is 0 Å². The fourth-order valence-electron chi connectivity index (χ4n) is 3.45. The van der Waals surface area contributed by atoms with Gasteiger partial charge in [-0.2, -0.15) is 0 Å². The van der Waals surface area contributed by atoms with Gasteiger partial charge in [0, 0.05) is 26.2 Å². The van der Waals surface area contributed by atoms with E-state index in [1.165, 1.54) is 6.07 Å². The largest absolute Gasteiger partial charge is 0.440 e. The van der Waals surface area contributed by atoms with Gasteiger partial charge in [0.25, 0.3) is 0 Å². The summed E-state index contributed by atoms with van der Waals surface area (Å²) in [4.78, 5) is 8.01. The van der Waals surface area contributed by atoms with Crippen LogP contribution in [0.2, 0.25) is 0 Å². The number of hydrogen-bond acceptors (Lipinski definition) is 5. The van der Waals surface area contributed by atoms with Gasteiger partial charge in [-0.05, 0) is 48.9 Å². The number of rotatable bonds is 7. The zero-order valence-electron chi connectivity index (χ0n) is 15.4. The van der Waals surface area contributed by atoms with Gasteiger partial charge in [0.1, 0.15) is 11.6 Å². The van der Waals surface area contributed by atoms with Gasteiger partial charge in [-0.1, -0.05) is 18.2 Å². The molecule has 0 bridgehead atoms. The van der Waals surface area contributed by atoms with Crippen LogP contribution in [0, 0.1) is 12.7 Å². The molecule has 0 saturated carbocycles. The van der Waals surface area contributed by atoms with Crippen molar-refractivity contribution in [2.45, 2.75) is 39.0 Å². The van der Waals surface area contributed by atoms with E-state index >= 15 is 0 Å². The molecule has 0 spiro atoms. The smallest absolute Gasteiger partial charge is 0.236 e. The number of thiophene rings is 1. The minimum absolute atomic E-state index is 0.206. The van der Waals surface area contributed by atoms with Gasteiger partial charge in [0.15, 0.2) is 0 Å². The Morgan fingerprint density at radius 3 is 2.93 bits per heavy atom. The van der Waals surface area contributed by atoms with E-state index in [1.54, 1.807) is 23.5 Å². The van der Waals surface area contributed by atoms with Gasteiger partial charge in [-0.3, -0.25) is 4.90 Å². The SMILES string of the molecule is Cc1oc(-c2cccs2)nc1CN(Cc1cccc(F)c1)CC1CCCO1. The highest BCUT2D eigenvalue weighted by Gasteiger charge is 2.22. The molecule has 1 unspecified atom stereocenters. The Bertz CT molecular complexity index is 872. The van der Waals surface area contributed by atoms with Crippen LogP contribution < -0.4 is 0 Å². The molecule has 3 aromatic rings. The number of hydrogen-bond donors (Lipinski definition) is 0. The first-order valence-electron chi connectivity index (χ1n) is 9.26. The minimum atomic E-state index is -0.206. The lowest BCUT2D eigenvalue weighted by atomic mass is 10.1. The van der Waals surface area contributed by atoms with E-state index in [1.807, 2.05) is 30.5 Å². The predicted octanol–water partition coefficient (Wildman–Crippen LogP) is 5.03. The number of nitrogens with zero attached hydrogens (tertiary/aromatic N) is 2. The summed E-state index contributed by atoms with van der Waals surface area (Å²) in [7, 11) is 0. The summed E-state index contributed by atoms with van der Waals surface area (Å²) in [6, 6.07) is 10.8. The first-order valence-corrected chi connectivity index (χ1v) is 10.1. The molecule has 1 aliphatic heterocycles. The Morgan fingerprint density at radius 1 is 1.26 bits per heavy atom. The average molecular weight is 386 g/mol. The molecule has 0 N–H and O–H groups in total. The molecule has 142 valence electrons. The second kappa shape index (κ2) is 8.33. The first-order chi connectivity index (χ1) is 13.2. The Labute approximate surface area is 162 Å². The molecular formula is C21H23FN2O2S. The summed E-state index contributed by atoms with van der Waals surface area (Å²) >= 11 is 1.62. The van der Waals surface area contributed by atoms with E-state index in [-0.39, 0.29) is 11.9 Å². The zero-order chi connectivity index (χ0) is 18.6. The molecular weight excluding hydrogens is 363 g/mol. The van der Waals surface area contributed by atoms with Gasteiger partial charge in [0.05, 0.1) is 16.7 Å². The van der Waals surface area contributed by atoms with Crippen molar-refractivity contribution in [1.82, 2.24) is 9.88 Å². The third-order valence-electron chi connectivity index (χ3n) is 4.78. The normalized spacial score (nSPS) is 17.1. The topological polar surface area (TPSA) is 38.5 Å². The minimum Gasteiger partial charge on any atom is -0.440 e. The molecule has 1 fully saturated rings. The fraction of sp³-hybridized carbons (Fsp3) is 0.381. The Morgan fingerprint density at radius 2 is 2.19 bits per heavy atom. The van der Waals surface area contributed by atoms with Gasteiger partial charge < -0.3 is 9.15 Å². The van der Waals surface area contributed by atoms with Crippen LogP contribution in [0.1, 0.15) is 29.9 Å². The molecule has 2 aromatic heterocycles. The van der Waals surface area contributed by atoms with Gasteiger partial charge in [-0.15, -0.1) is 11.3 Å². The van der Waals surface area contributed by atoms with E-state index in [4.69, 9.17) is 14.1 Å². The number of aromatic nitrogens is 1. The van der Waals surface area contributed by atoms with Gasteiger partial charge in [0.2, 0.25) is 5.89 Å². The summed E-state index contributed by atoms with van der Waals surface area (Å²) in [6.45, 7) is 4.88. The third kappa shape index (κ3) is 4.64. The van der Waals surface area contributed by atoms with Crippen molar-refractivity contribution in [2.24, 2.45) is 0 Å². The molecule has 1 atom stereocenters. The molecule has 27 heavy (non-hydrogen) atoms.